The molecule has 1 atom stereocenters. The molecule has 20 heavy (non-hydrogen) atoms. The van der Waals surface area contributed by atoms with Crippen molar-refractivity contribution in [2.45, 2.75) is 20.0 Å². The van der Waals surface area contributed by atoms with E-state index in [0.717, 1.165) is 0 Å². The normalized spacial score (nSPS) is 11.8. The van der Waals surface area contributed by atoms with E-state index < -0.39 is 4.92 Å². The highest BCUT2D eigenvalue weighted by molar-refractivity contribution is 5.95. The van der Waals surface area contributed by atoms with Gasteiger partial charge in [-0.3, -0.25) is 20.8 Å². The van der Waals surface area contributed by atoms with Crippen LogP contribution in [0.4, 0.5) is 11.4 Å². The quantitative estimate of drug-likeness (QED) is 0.390. The van der Waals surface area contributed by atoms with Crippen LogP contribution in [0.2, 0.25) is 0 Å². The van der Waals surface area contributed by atoms with Crippen LogP contribution in [0.1, 0.15) is 24.2 Å². The summed E-state index contributed by atoms with van der Waals surface area (Å²) in [5.74, 6) is 4.87. The third-order valence-corrected chi connectivity index (χ3v) is 2.61. The average Bonchev–Trinajstić information content (AvgIpc) is 2.44. The number of hydrogen-bond acceptors (Lipinski definition) is 6. The number of rotatable bonds is 7. The van der Waals surface area contributed by atoms with Gasteiger partial charge < -0.3 is 15.5 Å². The zero-order chi connectivity index (χ0) is 15.1. The van der Waals surface area contributed by atoms with E-state index in [1.165, 1.54) is 18.2 Å². The first-order chi connectivity index (χ1) is 9.49. The van der Waals surface area contributed by atoms with Crippen molar-refractivity contribution in [3.05, 3.63) is 33.9 Å². The first-order valence-corrected chi connectivity index (χ1v) is 6.14. The van der Waals surface area contributed by atoms with E-state index in [9.17, 15) is 14.9 Å². The molecule has 0 aromatic heterocycles. The van der Waals surface area contributed by atoms with Crippen LogP contribution in [0.25, 0.3) is 0 Å². The van der Waals surface area contributed by atoms with E-state index >= 15 is 0 Å². The lowest BCUT2D eigenvalue weighted by molar-refractivity contribution is -0.384. The van der Waals surface area contributed by atoms with Crippen LogP contribution in [0.5, 0.6) is 0 Å². The standard InChI is InChI=1S/C12H18N4O4/c1-3-20-8(2)7-14-12(17)9-4-5-11(16(18)19)10(6-9)15-13/h4-6,8,15H,3,7,13H2,1-2H3,(H,14,17). The van der Waals surface area contributed by atoms with Crippen molar-refractivity contribution in [3.8, 4) is 0 Å². The molecule has 0 fully saturated rings. The second-order valence-corrected chi connectivity index (χ2v) is 4.11. The summed E-state index contributed by atoms with van der Waals surface area (Å²) in [6.45, 7) is 4.63. The lowest BCUT2D eigenvalue weighted by Crippen LogP contribution is -2.32. The van der Waals surface area contributed by atoms with Gasteiger partial charge in [0, 0.05) is 24.8 Å². The summed E-state index contributed by atoms with van der Waals surface area (Å²) in [5, 5.41) is 13.4. The van der Waals surface area contributed by atoms with Crippen LogP contribution in [-0.2, 0) is 4.74 Å². The van der Waals surface area contributed by atoms with Gasteiger partial charge >= 0.3 is 0 Å². The fourth-order valence-electron chi connectivity index (χ4n) is 1.63. The number of nitro groups is 1. The van der Waals surface area contributed by atoms with Gasteiger partial charge in [-0.2, -0.15) is 0 Å². The summed E-state index contributed by atoms with van der Waals surface area (Å²) in [4.78, 5) is 22.1. The maximum atomic E-state index is 11.9. The van der Waals surface area contributed by atoms with Crippen LogP contribution in [-0.4, -0.2) is 30.1 Å². The maximum absolute atomic E-state index is 11.9. The number of nitrogens with two attached hydrogens (primary N) is 1. The van der Waals surface area contributed by atoms with Crippen LogP contribution in [0, 0.1) is 10.1 Å². The number of hydrogen-bond donors (Lipinski definition) is 3. The number of nitrogens with zero attached hydrogens (tertiary/aromatic N) is 1. The summed E-state index contributed by atoms with van der Waals surface area (Å²) >= 11 is 0. The number of carbonyl (C=O) groups excluding carboxylic acids is 1. The molecule has 0 aliphatic heterocycles. The molecule has 1 amide bonds. The zero-order valence-corrected chi connectivity index (χ0v) is 11.4. The number of carbonyl (C=O) groups is 1. The van der Waals surface area contributed by atoms with Crippen molar-refractivity contribution in [2.75, 3.05) is 18.6 Å². The summed E-state index contributed by atoms with van der Waals surface area (Å²) in [5.41, 5.74) is 2.39. The number of anilines is 1. The van der Waals surface area contributed by atoms with E-state index in [4.69, 9.17) is 10.6 Å². The lowest BCUT2D eigenvalue weighted by Gasteiger charge is -2.13. The summed E-state index contributed by atoms with van der Waals surface area (Å²) < 4.78 is 5.29. The van der Waals surface area contributed by atoms with Crippen molar-refractivity contribution < 1.29 is 14.5 Å². The summed E-state index contributed by atoms with van der Waals surface area (Å²) in [6, 6.07) is 3.94. The van der Waals surface area contributed by atoms with Crippen molar-refractivity contribution in [2.24, 2.45) is 5.84 Å². The molecule has 0 radical (unpaired) electrons. The second kappa shape index (κ2) is 7.41. The number of ether oxygens (including phenoxy) is 1. The van der Waals surface area contributed by atoms with Gasteiger partial charge in [0.05, 0.1) is 11.0 Å². The van der Waals surface area contributed by atoms with Crippen molar-refractivity contribution in [1.29, 1.82) is 0 Å². The maximum Gasteiger partial charge on any atom is 0.293 e. The Balaban J connectivity index is 2.76. The van der Waals surface area contributed by atoms with E-state index in [2.05, 4.69) is 10.7 Å². The first kappa shape index (κ1) is 15.9. The number of benzene rings is 1. The van der Waals surface area contributed by atoms with Crippen molar-refractivity contribution >= 4 is 17.3 Å². The molecular weight excluding hydrogens is 264 g/mol. The molecule has 0 saturated carbocycles. The average molecular weight is 282 g/mol. The Kier molecular flexibility index (Phi) is 5.88. The number of hydrazine groups is 1. The molecular formula is C12H18N4O4. The molecule has 0 aliphatic rings. The third-order valence-electron chi connectivity index (χ3n) is 2.61. The molecule has 1 unspecified atom stereocenters. The van der Waals surface area contributed by atoms with E-state index in [1.807, 2.05) is 13.8 Å². The Morgan fingerprint density at radius 2 is 2.25 bits per heavy atom. The molecule has 0 saturated heterocycles. The molecule has 4 N–H and O–H groups in total. The predicted molar refractivity (Wildman–Crippen MR) is 74.3 cm³/mol. The molecule has 110 valence electrons. The highest BCUT2D eigenvalue weighted by Crippen LogP contribution is 2.24. The second-order valence-electron chi connectivity index (χ2n) is 4.11. The Bertz CT molecular complexity index is 492. The minimum atomic E-state index is -0.575. The molecule has 1 rings (SSSR count). The van der Waals surface area contributed by atoms with E-state index in [0.29, 0.717) is 13.2 Å². The number of nitro benzene ring substituents is 1. The number of nitrogen functional groups attached to an aromatic ring is 1. The van der Waals surface area contributed by atoms with Gasteiger partial charge in [-0.25, -0.2) is 0 Å². The van der Waals surface area contributed by atoms with Crippen LogP contribution in [0.3, 0.4) is 0 Å². The summed E-state index contributed by atoms with van der Waals surface area (Å²) in [6.07, 6.45) is -0.103. The molecule has 0 bridgehead atoms. The Labute approximate surface area is 116 Å². The Morgan fingerprint density at radius 1 is 1.55 bits per heavy atom. The SMILES string of the molecule is CCOC(C)CNC(=O)c1ccc([N+](=O)[O-])c(NN)c1. The minimum absolute atomic E-state index is 0.0838. The van der Waals surface area contributed by atoms with Crippen LogP contribution < -0.4 is 16.6 Å². The molecule has 1 aromatic carbocycles. The van der Waals surface area contributed by atoms with Gasteiger partial charge in [-0.15, -0.1) is 0 Å². The molecule has 0 heterocycles. The Hall–Kier alpha value is -2.19. The van der Waals surface area contributed by atoms with Gasteiger partial charge in [0.2, 0.25) is 0 Å². The third kappa shape index (κ3) is 4.18. The highest BCUT2D eigenvalue weighted by Gasteiger charge is 2.16. The molecule has 1 aromatic rings. The van der Waals surface area contributed by atoms with Crippen molar-refractivity contribution in [3.63, 3.8) is 0 Å². The highest BCUT2D eigenvalue weighted by atomic mass is 16.6. The first-order valence-electron chi connectivity index (χ1n) is 6.14. The van der Waals surface area contributed by atoms with Gasteiger partial charge in [0.25, 0.3) is 11.6 Å². The Morgan fingerprint density at radius 3 is 2.80 bits per heavy atom. The topological polar surface area (TPSA) is 120 Å². The van der Waals surface area contributed by atoms with Gasteiger partial charge in [-0.1, -0.05) is 0 Å². The zero-order valence-electron chi connectivity index (χ0n) is 11.4. The summed E-state index contributed by atoms with van der Waals surface area (Å²) in [7, 11) is 0. The van der Waals surface area contributed by atoms with E-state index in [-0.39, 0.29) is 28.9 Å². The smallest absolute Gasteiger partial charge is 0.293 e. The van der Waals surface area contributed by atoms with Gasteiger partial charge in [0.1, 0.15) is 5.69 Å². The molecule has 0 spiro atoms. The van der Waals surface area contributed by atoms with Crippen LogP contribution in [0.15, 0.2) is 18.2 Å². The minimum Gasteiger partial charge on any atom is -0.377 e. The number of nitrogens with one attached hydrogen (secondary N) is 2. The molecule has 8 nitrogen and oxygen atoms in total. The molecule has 8 heteroatoms. The van der Waals surface area contributed by atoms with Gasteiger partial charge in [0.15, 0.2) is 0 Å². The number of amides is 1. The van der Waals surface area contributed by atoms with Crippen molar-refractivity contribution in [1.82, 2.24) is 5.32 Å². The monoisotopic (exact) mass is 282 g/mol. The fourth-order valence-corrected chi connectivity index (χ4v) is 1.63. The predicted octanol–water partition coefficient (Wildman–Crippen LogP) is 1.04. The van der Waals surface area contributed by atoms with E-state index in [1.54, 1.807) is 0 Å². The fraction of sp³-hybridized carbons (Fsp3) is 0.417. The lowest BCUT2D eigenvalue weighted by atomic mass is 10.1. The van der Waals surface area contributed by atoms with Gasteiger partial charge in [-0.05, 0) is 26.0 Å². The largest absolute Gasteiger partial charge is 0.377 e. The van der Waals surface area contributed by atoms with Crippen LogP contribution >= 0.6 is 0 Å². The molecule has 0 aliphatic carbocycles.